The van der Waals surface area contributed by atoms with E-state index >= 15 is 0 Å². The number of carbonyl (C=O) groups is 1. The number of sulfonamides is 1. The first kappa shape index (κ1) is 24.6. The zero-order valence-electron chi connectivity index (χ0n) is 18.9. The normalized spacial score (nSPS) is 11.2. The number of halogens is 1. The molecule has 4 rings (SSSR count). The maximum Gasteiger partial charge on any atom is 0.275 e. The molecule has 3 heterocycles. The van der Waals surface area contributed by atoms with Crippen LogP contribution in [0, 0.1) is 13.8 Å². The number of para-hydroxylation sites is 1. The van der Waals surface area contributed by atoms with Gasteiger partial charge < -0.3 is 10.1 Å². The van der Waals surface area contributed by atoms with Gasteiger partial charge in [0.2, 0.25) is 5.88 Å². The number of methoxy groups -OCH3 is 1. The number of benzene rings is 1. The predicted molar refractivity (Wildman–Crippen MR) is 136 cm³/mol. The fourth-order valence-corrected chi connectivity index (χ4v) is 5.51. The molecule has 3 aromatic heterocycles. The van der Waals surface area contributed by atoms with Crippen molar-refractivity contribution in [2.75, 3.05) is 17.1 Å². The summed E-state index contributed by atoms with van der Waals surface area (Å²) >= 11 is 7.16. The second-order valence-corrected chi connectivity index (χ2v) is 10.3. The SMILES string of the molecule is COc1ncc(NC(=O)c2csc(-c3cccc(Cl)n3)n2)cc1S(=O)(=O)Nc1c(C)cccc1C. The van der Waals surface area contributed by atoms with E-state index < -0.39 is 15.9 Å². The van der Waals surface area contributed by atoms with E-state index in [0.717, 1.165) is 11.1 Å². The number of nitrogens with one attached hydrogen (secondary N) is 2. The van der Waals surface area contributed by atoms with E-state index in [9.17, 15) is 13.2 Å². The number of thiazole rings is 1. The van der Waals surface area contributed by atoms with Crippen LogP contribution in [-0.4, -0.2) is 36.4 Å². The van der Waals surface area contributed by atoms with Crippen molar-refractivity contribution < 1.29 is 17.9 Å². The minimum atomic E-state index is -4.08. The van der Waals surface area contributed by atoms with Gasteiger partial charge >= 0.3 is 0 Å². The first-order valence-electron chi connectivity index (χ1n) is 10.2. The molecule has 0 aliphatic carbocycles. The Morgan fingerprint density at radius 3 is 2.49 bits per heavy atom. The van der Waals surface area contributed by atoms with Crippen molar-refractivity contribution >= 4 is 50.2 Å². The van der Waals surface area contributed by atoms with E-state index in [1.807, 2.05) is 6.07 Å². The van der Waals surface area contributed by atoms with Crippen LogP contribution in [-0.2, 0) is 10.0 Å². The minimum absolute atomic E-state index is 0.107. The number of rotatable bonds is 7. The zero-order valence-corrected chi connectivity index (χ0v) is 21.3. The van der Waals surface area contributed by atoms with Gasteiger partial charge in [-0.15, -0.1) is 11.3 Å². The summed E-state index contributed by atoms with van der Waals surface area (Å²) in [6, 6.07) is 11.8. The number of nitrogens with zero attached hydrogens (tertiary/aromatic N) is 3. The van der Waals surface area contributed by atoms with E-state index in [-0.39, 0.29) is 22.2 Å². The van der Waals surface area contributed by atoms with Crippen LogP contribution in [0.3, 0.4) is 0 Å². The Hall–Kier alpha value is -3.54. The lowest BCUT2D eigenvalue weighted by molar-refractivity contribution is 0.102. The Bertz CT molecular complexity index is 1500. The third kappa shape index (κ3) is 5.42. The molecule has 180 valence electrons. The Labute approximate surface area is 211 Å². The Balaban J connectivity index is 1.60. The van der Waals surface area contributed by atoms with Crippen molar-refractivity contribution in [2.45, 2.75) is 18.7 Å². The molecule has 0 saturated carbocycles. The van der Waals surface area contributed by atoms with Gasteiger partial charge in [-0.1, -0.05) is 35.9 Å². The largest absolute Gasteiger partial charge is 0.480 e. The molecule has 35 heavy (non-hydrogen) atoms. The summed E-state index contributed by atoms with van der Waals surface area (Å²) in [6.07, 6.45) is 1.31. The molecule has 0 aliphatic rings. The number of amides is 1. The molecule has 0 bridgehead atoms. The van der Waals surface area contributed by atoms with E-state index in [2.05, 4.69) is 25.0 Å². The van der Waals surface area contributed by atoms with Crippen LogP contribution in [0.2, 0.25) is 5.15 Å². The molecule has 4 aromatic rings. The first-order valence-corrected chi connectivity index (χ1v) is 12.9. The summed E-state index contributed by atoms with van der Waals surface area (Å²) in [5, 5.41) is 5.04. The Kier molecular flexibility index (Phi) is 7.01. The lowest BCUT2D eigenvalue weighted by Crippen LogP contribution is -2.18. The molecular weight excluding hydrogens is 510 g/mol. The fraction of sp³-hybridized carbons (Fsp3) is 0.130. The lowest BCUT2D eigenvalue weighted by Gasteiger charge is -2.15. The van der Waals surface area contributed by atoms with Gasteiger partial charge in [-0.25, -0.2) is 23.4 Å². The van der Waals surface area contributed by atoms with Crippen molar-refractivity contribution in [3.8, 4) is 16.6 Å². The van der Waals surface area contributed by atoms with Crippen LogP contribution >= 0.6 is 22.9 Å². The highest BCUT2D eigenvalue weighted by Gasteiger charge is 2.24. The third-order valence-corrected chi connectivity index (χ3v) is 7.37. The average molecular weight is 530 g/mol. The molecule has 1 amide bonds. The van der Waals surface area contributed by atoms with Gasteiger partial charge in [0.25, 0.3) is 15.9 Å². The van der Waals surface area contributed by atoms with E-state index in [1.54, 1.807) is 49.6 Å². The number of carbonyl (C=O) groups excluding carboxylic acids is 1. The summed E-state index contributed by atoms with van der Waals surface area (Å²) in [6.45, 7) is 3.61. The van der Waals surface area contributed by atoms with Gasteiger partial charge in [0.15, 0.2) is 4.90 Å². The number of hydrogen-bond donors (Lipinski definition) is 2. The van der Waals surface area contributed by atoms with Gasteiger partial charge in [-0.2, -0.15) is 0 Å². The summed E-state index contributed by atoms with van der Waals surface area (Å²) in [7, 11) is -2.76. The van der Waals surface area contributed by atoms with Crippen LogP contribution in [0.1, 0.15) is 21.6 Å². The van der Waals surface area contributed by atoms with Gasteiger partial charge in [0, 0.05) is 5.38 Å². The van der Waals surface area contributed by atoms with Crippen LogP contribution in [0.4, 0.5) is 11.4 Å². The molecule has 0 spiro atoms. The van der Waals surface area contributed by atoms with E-state index in [1.165, 1.54) is 30.7 Å². The molecule has 0 aliphatic heterocycles. The summed E-state index contributed by atoms with van der Waals surface area (Å²) in [5.74, 6) is -0.641. The highest BCUT2D eigenvalue weighted by molar-refractivity contribution is 7.92. The quantitative estimate of drug-likeness (QED) is 0.325. The molecule has 2 N–H and O–H groups in total. The Morgan fingerprint density at radius 1 is 1.09 bits per heavy atom. The number of ether oxygens (including phenoxy) is 1. The number of pyridine rings is 2. The van der Waals surface area contributed by atoms with Gasteiger partial charge in [-0.05, 0) is 43.2 Å². The maximum atomic E-state index is 13.2. The molecular formula is C23H20ClN5O4S2. The van der Waals surface area contributed by atoms with Crippen molar-refractivity contribution in [3.05, 3.63) is 76.0 Å². The highest BCUT2D eigenvalue weighted by atomic mass is 35.5. The first-order chi connectivity index (χ1) is 16.7. The number of aryl methyl sites for hydroxylation is 2. The molecule has 0 fully saturated rings. The van der Waals surface area contributed by atoms with Crippen LogP contribution in [0.5, 0.6) is 5.88 Å². The average Bonchev–Trinajstić information content (AvgIpc) is 3.32. The fourth-order valence-electron chi connectivity index (χ4n) is 3.23. The molecule has 1 aromatic carbocycles. The minimum Gasteiger partial charge on any atom is -0.480 e. The highest BCUT2D eigenvalue weighted by Crippen LogP contribution is 2.29. The zero-order chi connectivity index (χ0) is 25.2. The van der Waals surface area contributed by atoms with Crippen LogP contribution in [0.25, 0.3) is 10.7 Å². The maximum absolute atomic E-state index is 13.2. The van der Waals surface area contributed by atoms with Crippen molar-refractivity contribution in [1.82, 2.24) is 15.0 Å². The molecule has 12 heteroatoms. The van der Waals surface area contributed by atoms with Gasteiger partial charge in [-0.3, -0.25) is 9.52 Å². The molecule has 0 unspecified atom stereocenters. The van der Waals surface area contributed by atoms with Crippen LogP contribution < -0.4 is 14.8 Å². The summed E-state index contributed by atoms with van der Waals surface area (Å²) in [4.78, 5) is 25.1. The van der Waals surface area contributed by atoms with Crippen molar-refractivity contribution in [1.29, 1.82) is 0 Å². The lowest BCUT2D eigenvalue weighted by atomic mass is 10.1. The second kappa shape index (κ2) is 9.98. The summed E-state index contributed by atoms with van der Waals surface area (Å²) in [5.41, 5.74) is 2.83. The monoisotopic (exact) mass is 529 g/mol. The van der Waals surface area contributed by atoms with Crippen LogP contribution in [0.15, 0.2) is 58.9 Å². The van der Waals surface area contributed by atoms with Gasteiger partial charge in [0.1, 0.15) is 21.5 Å². The molecule has 0 radical (unpaired) electrons. The topological polar surface area (TPSA) is 123 Å². The second-order valence-electron chi connectivity index (χ2n) is 7.44. The van der Waals surface area contributed by atoms with Gasteiger partial charge in [0.05, 0.1) is 24.7 Å². The summed E-state index contributed by atoms with van der Waals surface area (Å²) < 4.78 is 34.2. The standard InChI is InChI=1S/C23H20ClN5O4S2/c1-13-6-4-7-14(2)20(13)29-35(31,32)18-10-15(11-25-22(18)33-3)26-21(30)17-12-34-23(28-17)16-8-5-9-19(24)27-16/h4-12,29H,1-3H3,(H,26,30). The van der Waals surface area contributed by atoms with Crippen molar-refractivity contribution in [3.63, 3.8) is 0 Å². The molecule has 9 nitrogen and oxygen atoms in total. The predicted octanol–water partition coefficient (Wildman–Crippen LogP) is 4.93. The molecule has 0 saturated heterocycles. The van der Waals surface area contributed by atoms with E-state index in [4.69, 9.17) is 16.3 Å². The molecule has 0 atom stereocenters. The number of aromatic nitrogens is 3. The smallest absolute Gasteiger partial charge is 0.275 e. The third-order valence-electron chi connectivity index (χ3n) is 4.95. The van der Waals surface area contributed by atoms with Crippen molar-refractivity contribution in [2.24, 2.45) is 0 Å². The number of anilines is 2. The van der Waals surface area contributed by atoms with E-state index in [0.29, 0.717) is 21.5 Å². The Morgan fingerprint density at radius 2 is 1.80 bits per heavy atom. The number of hydrogen-bond acceptors (Lipinski definition) is 8.